The maximum Gasteiger partial charge on any atom is 0.251 e. The summed E-state index contributed by atoms with van der Waals surface area (Å²) in [5.41, 5.74) is 1.89. The first-order chi connectivity index (χ1) is 11.3. The van der Waals surface area contributed by atoms with E-state index < -0.39 is 0 Å². The second-order valence-electron chi connectivity index (χ2n) is 5.38. The number of carbonyl (C=O) groups excluding carboxylic acids is 1. The third-order valence-electron chi connectivity index (χ3n) is 3.67. The molecule has 1 heterocycles. The van der Waals surface area contributed by atoms with Crippen LogP contribution in [0.5, 0.6) is 0 Å². The van der Waals surface area contributed by atoms with Crippen LogP contribution < -0.4 is 5.32 Å². The number of aryl methyl sites for hydroxylation is 1. The third-order valence-corrected chi connectivity index (χ3v) is 3.67. The molecule has 0 radical (unpaired) electrons. The molecular formula is C20H36N2O. The molecule has 1 saturated heterocycles. The van der Waals surface area contributed by atoms with Gasteiger partial charge in [-0.1, -0.05) is 51.8 Å². The highest BCUT2D eigenvalue weighted by Gasteiger charge is 2.09. The minimum Gasteiger partial charge on any atom is -0.352 e. The van der Waals surface area contributed by atoms with Crippen molar-refractivity contribution in [3.63, 3.8) is 0 Å². The Balaban J connectivity index is 0.00000112. The highest BCUT2D eigenvalue weighted by atomic mass is 16.1. The van der Waals surface area contributed by atoms with Crippen LogP contribution >= 0.6 is 0 Å². The number of nitrogens with one attached hydrogen (secondary N) is 1. The van der Waals surface area contributed by atoms with Gasteiger partial charge in [-0.2, -0.15) is 0 Å². The molecule has 3 heteroatoms. The van der Waals surface area contributed by atoms with E-state index in [4.69, 9.17) is 0 Å². The van der Waals surface area contributed by atoms with E-state index in [2.05, 4.69) is 10.2 Å². The first kappa shape index (κ1) is 21.6. The summed E-state index contributed by atoms with van der Waals surface area (Å²) in [6, 6.07) is 7.73. The van der Waals surface area contributed by atoms with Gasteiger partial charge in [-0.15, -0.1) is 0 Å². The minimum atomic E-state index is 0.0438. The second-order valence-corrected chi connectivity index (χ2v) is 5.38. The quantitative estimate of drug-likeness (QED) is 0.801. The van der Waals surface area contributed by atoms with E-state index in [9.17, 15) is 4.79 Å². The zero-order chi connectivity index (χ0) is 17.5. The molecule has 1 aliphatic heterocycles. The Morgan fingerprint density at radius 3 is 2.35 bits per heavy atom. The lowest BCUT2D eigenvalue weighted by Gasteiger charge is -2.26. The normalized spacial score (nSPS) is 14.0. The fourth-order valence-electron chi connectivity index (χ4n) is 2.58. The van der Waals surface area contributed by atoms with Gasteiger partial charge in [0.2, 0.25) is 0 Å². The molecule has 1 aromatic carbocycles. The Labute approximate surface area is 143 Å². The number of piperidine rings is 1. The standard InChI is InChI=1S/C16H24N2O.2C2H6/c1-14-7-5-8-15(13-14)16(19)17-9-6-12-18-10-3-2-4-11-18;2*1-2/h5,7-8,13H,2-4,6,9-12H2,1H3,(H,17,19);2*1-2H3. The Morgan fingerprint density at radius 1 is 1.09 bits per heavy atom. The summed E-state index contributed by atoms with van der Waals surface area (Å²) in [5, 5.41) is 3.00. The lowest BCUT2D eigenvalue weighted by atomic mass is 10.1. The van der Waals surface area contributed by atoms with E-state index in [1.807, 2.05) is 58.9 Å². The van der Waals surface area contributed by atoms with Gasteiger partial charge in [-0.05, 0) is 58.0 Å². The lowest BCUT2D eigenvalue weighted by molar-refractivity contribution is 0.0951. The highest BCUT2D eigenvalue weighted by Crippen LogP contribution is 2.08. The molecule has 1 aliphatic rings. The van der Waals surface area contributed by atoms with E-state index in [-0.39, 0.29) is 5.91 Å². The molecule has 1 N–H and O–H groups in total. The summed E-state index contributed by atoms with van der Waals surface area (Å²) in [7, 11) is 0. The molecule has 0 spiro atoms. The molecule has 1 aromatic rings. The van der Waals surface area contributed by atoms with Gasteiger partial charge in [0.1, 0.15) is 0 Å². The lowest BCUT2D eigenvalue weighted by Crippen LogP contribution is -2.33. The van der Waals surface area contributed by atoms with E-state index in [1.165, 1.54) is 32.4 Å². The van der Waals surface area contributed by atoms with Crippen molar-refractivity contribution in [3.05, 3.63) is 35.4 Å². The second kappa shape index (κ2) is 14.3. The van der Waals surface area contributed by atoms with Crippen LogP contribution in [0.2, 0.25) is 0 Å². The summed E-state index contributed by atoms with van der Waals surface area (Å²) in [6.45, 7) is 14.3. The molecule has 0 bridgehead atoms. The average molecular weight is 321 g/mol. The largest absolute Gasteiger partial charge is 0.352 e. The van der Waals surface area contributed by atoms with Gasteiger partial charge in [0.15, 0.2) is 0 Å². The number of benzene rings is 1. The summed E-state index contributed by atoms with van der Waals surface area (Å²) < 4.78 is 0. The Kier molecular flexibility index (Phi) is 13.4. The van der Waals surface area contributed by atoms with Crippen molar-refractivity contribution in [3.8, 4) is 0 Å². The van der Waals surface area contributed by atoms with E-state index in [0.29, 0.717) is 0 Å². The number of rotatable bonds is 5. The van der Waals surface area contributed by atoms with Crippen LogP contribution in [0.1, 0.15) is 69.3 Å². The van der Waals surface area contributed by atoms with Crippen LogP contribution in [0, 0.1) is 6.92 Å². The molecule has 23 heavy (non-hydrogen) atoms. The Morgan fingerprint density at radius 2 is 1.74 bits per heavy atom. The van der Waals surface area contributed by atoms with Crippen molar-refractivity contribution >= 4 is 5.91 Å². The SMILES string of the molecule is CC.CC.Cc1cccc(C(=O)NCCCN2CCCCC2)c1. The molecule has 1 amide bonds. The van der Waals surface area contributed by atoms with Gasteiger partial charge in [0.25, 0.3) is 5.91 Å². The molecular weight excluding hydrogens is 284 g/mol. The maximum absolute atomic E-state index is 11.9. The third kappa shape index (κ3) is 9.39. The van der Waals surface area contributed by atoms with Crippen LogP contribution in [0.3, 0.4) is 0 Å². The van der Waals surface area contributed by atoms with Crippen molar-refractivity contribution in [1.29, 1.82) is 0 Å². The van der Waals surface area contributed by atoms with Crippen molar-refractivity contribution in [2.45, 2.75) is 60.3 Å². The first-order valence-corrected chi connectivity index (χ1v) is 9.33. The number of hydrogen-bond acceptors (Lipinski definition) is 2. The van der Waals surface area contributed by atoms with Crippen molar-refractivity contribution in [2.24, 2.45) is 0 Å². The van der Waals surface area contributed by atoms with E-state index in [0.717, 1.165) is 30.6 Å². The monoisotopic (exact) mass is 320 g/mol. The van der Waals surface area contributed by atoms with Crippen molar-refractivity contribution < 1.29 is 4.79 Å². The summed E-state index contributed by atoms with van der Waals surface area (Å²) in [6.07, 6.45) is 5.07. The molecule has 2 rings (SSSR count). The molecule has 0 unspecified atom stereocenters. The van der Waals surface area contributed by atoms with Gasteiger partial charge in [-0.3, -0.25) is 4.79 Å². The van der Waals surface area contributed by atoms with Crippen molar-refractivity contribution in [2.75, 3.05) is 26.2 Å². The maximum atomic E-state index is 11.9. The highest BCUT2D eigenvalue weighted by molar-refractivity contribution is 5.94. The van der Waals surface area contributed by atoms with E-state index >= 15 is 0 Å². The zero-order valence-corrected chi connectivity index (χ0v) is 15.8. The van der Waals surface area contributed by atoms with Gasteiger partial charge < -0.3 is 10.2 Å². The zero-order valence-electron chi connectivity index (χ0n) is 15.8. The predicted molar refractivity (Wildman–Crippen MR) is 101 cm³/mol. The number of nitrogens with zero attached hydrogens (tertiary/aromatic N) is 1. The molecule has 0 aliphatic carbocycles. The number of hydrogen-bond donors (Lipinski definition) is 1. The summed E-state index contributed by atoms with van der Waals surface area (Å²) in [5.74, 6) is 0.0438. The van der Waals surface area contributed by atoms with Gasteiger partial charge in [0, 0.05) is 12.1 Å². The molecule has 0 aromatic heterocycles. The fraction of sp³-hybridized carbons (Fsp3) is 0.650. The molecule has 1 fully saturated rings. The van der Waals surface area contributed by atoms with Gasteiger partial charge in [-0.25, -0.2) is 0 Å². The molecule has 3 nitrogen and oxygen atoms in total. The topological polar surface area (TPSA) is 32.3 Å². The summed E-state index contributed by atoms with van der Waals surface area (Å²) in [4.78, 5) is 14.4. The van der Waals surface area contributed by atoms with Crippen molar-refractivity contribution in [1.82, 2.24) is 10.2 Å². The predicted octanol–water partition coefficient (Wildman–Crippen LogP) is 4.65. The van der Waals surface area contributed by atoms with Gasteiger partial charge >= 0.3 is 0 Å². The average Bonchev–Trinajstić information content (AvgIpc) is 2.63. The van der Waals surface area contributed by atoms with Crippen LogP contribution in [0.15, 0.2) is 24.3 Å². The van der Waals surface area contributed by atoms with E-state index in [1.54, 1.807) is 0 Å². The van der Waals surface area contributed by atoms with Crippen LogP contribution in [-0.2, 0) is 0 Å². The van der Waals surface area contributed by atoms with Crippen LogP contribution in [0.4, 0.5) is 0 Å². The number of amides is 1. The minimum absolute atomic E-state index is 0.0438. The number of carbonyl (C=O) groups is 1. The summed E-state index contributed by atoms with van der Waals surface area (Å²) >= 11 is 0. The van der Waals surface area contributed by atoms with Gasteiger partial charge in [0.05, 0.1) is 0 Å². The fourth-order valence-corrected chi connectivity index (χ4v) is 2.58. The molecule has 132 valence electrons. The number of likely N-dealkylation sites (tertiary alicyclic amines) is 1. The molecule has 0 saturated carbocycles. The first-order valence-electron chi connectivity index (χ1n) is 9.33. The van der Waals surface area contributed by atoms with Crippen LogP contribution in [-0.4, -0.2) is 37.0 Å². The Bertz CT molecular complexity index is 412. The van der Waals surface area contributed by atoms with Crippen LogP contribution in [0.25, 0.3) is 0 Å². The molecule has 0 atom stereocenters. The Hall–Kier alpha value is -1.35. The smallest absolute Gasteiger partial charge is 0.251 e.